The molecule has 22 heavy (non-hydrogen) atoms. The molecule has 0 unspecified atom stereocenters. The normalized spacial score (nSPS) is 11.5. The molecule has 0 fully saturated rings. The highest BCUT2D eigenvalue weighted by molar-refractivity contribution is 7.88. The van der Waals surface area contributed by atoms with Crippen molar-refractivity contribution in [1.29, 1.82) is 0 Å². The maximum atomic E-state index is 12.0. The van der Waals surface area contributed by atoms with Crippen LogP contribution in [-0.4, -0.2) is 45.8 Å². The monoisotopic (exact) mass is 325 g/mol. The van der Waals surface area contributed by atoms with Crippen LogP contribution >= 0.6 is 0 Å². The van der Waals surface area contributed by atoms with Crippen molar-refractivity contribution in [2.45, 2.75) is 6.42 Å². The van der Waals surface area contributed by atoms with E-state index >= 15 is 0 Å². The number of rotatable bonds is 7. The molecule has 3 N–H and O–H groups in total. The maximum absolute atomic E-state index is 12.0. The molecule has 7 nitrogen and oxygen atoms in total. The van der Waals surface area contributed by atoms with Crippen LogP contribution in [0.1, 0.15) is 16.9 Å². The van der Waals surface area contributed by atoms with Crippen molar-refractivity contribution in [1.82, 2.24) is 15.0 Å². The average Bonchev–Trinajstić information content (AvgIpc) is 2.88. The number of fused-ring (bicyclic) bond motifs is 1. The van der Waals surface area contributed by atoms with Gasteiger partial charge < -0.3 is 15.0 Å². The van der Waals surface area contributed by atoms with Gasteiger partial charge in [0.25, 0.3) is 5.91 Å². The number of sulfonamides is 1. The molecular formula is C14H19N3O4S. The first kappa shape index (κ1) is 16.3. The predicted octanol–water partition coefficient (Wildman–Crippen LogP) is 0.846. The molecule has 0 saturated carbocycles. The van der Waals surface area contributed by atoms with E-state index in [1.165, 1.54) is 0 Å². The largest absolute Gasteiger partial charge is 0.497 e. The Morgan fingerprint density at radius 3 is 2.73 bits per heavy atom. The zero-order chi connectivity index (χ0) is 16.2. The Kier molecular flexibility index (Phi) is 5.04. The average molecular weight is 325 g/mol. The minimum Gasteiger partial charge on any atom is -0.497 e. The highest BCUT2D eigenvalue weighted by atomic mass is 32.2. The van der Waals surface area contributed by atoms with E-state index in [-0.39, 0.29) is 5.91 Å². The van der Waals surface area contributed by atoms with Gasteiger partial charge in [-0.15, -0.1) is 0 Å². The molecule has 0 radical (unpaired) electrons. The minimum atomic E-state index is -3.18. The molecule has 1 heterocycles. The van der Waals surface area contributed by atoms with Gasteiger partial charge in [-0.25, -0.2) is 13.1 Å². The Hall–Kier alpha value is -2.06. The number of H-pyrrole nitrogens is 1. The molecule has 8 heteroatoms. The summed E-state index contributed by atoms with van der Waals surface area (Å²) in [5, 5.41) is 3.66. The van der Waals surface area contributed by atoms with Gasteiger partial charge in [-0.1, -0.05) is 0 Å². The molecule has 0 spiro atoms. The number of methoxy groups -OCH3 is 1. The molecule has 0 aliphatic heterocycles. The Labute approximate surface area is 129 Å². The van der Waals surface area contributed by atoms with Crippen molar-refractivity contribution in [3.8, 4) is 5.75 Å². The van der Waals surface area contributed by atoms with E-state index in [1.54, 1.807) is 13.2 Å². The van der Waals surface area contributed by atoms with Gasteiger partial charge in [-0.05, 0) is 24.6 Å². The van der Waals surface area contributed by atoms with Crippen LogP contribution < -0.4 is 14.8 Å². The first-order chi connectivity index (χ1) is 10.4. The highest BCUT2D eigenvalue weighted by Crippen LogP contribution is 2.21. The molecule has 0 saturated heterocycles. The second-order valence-electron chi connectivity index (χ2n) is 4.91. The number of aromatic nitrogens is 1. The summed E-state index contributed by atoms with van der Waals surface area (Å²) >= 11 is 0. The van der Waals surface area contributed by atoms with Crippen molar-refractivity contribution in [2.75, 3.05) is 26.5 Å². The number of aromatic amines is 1. The summed E-state index contributed by atoms with van der Waals surface area (Å²) in [5.74, 6) is 0.489. The molecule has 0 bridgehead atoms. The predicted molar refractivity (Wildman–Crippen MR) is 84.6 cm³/mol. The van der Waals surface area contributed by atoms with E-state index in [4.69, 9.17) is 4.74 Å². The summed E-state index contributed by atoms with van der Waals surface area (Å²) < 4.78 is 29.3. The van der Waals surface area contributed by atoms with Crippen molar-refractivity contribution in [2.24, 2.45) is 0 Å². The third-order valence-electron chi connectivity index (χ3n) is 3.08. The van der Waals surface area contributed by atoms with Gasteiger partial charge in [-0.2, -0.15) is 0 Å². The summed E-state index contributed by atoms with van der Waals surface area (Å²) in [7, 11) is -1.60. The van der Waals surface area contributed by atoms with Gasteiger partial charge in [0.15, 0.2) is 0 Å². The van der Waals surface area contributed by atoms with Gasteiger partial charge in [-0.3, -0.25) is 4.79 Å². The third-order valence-corrected chi connectivity index (χ3v) is 3.81. The summed E-state index contributed by atoms with van der Waals surface area (Å²) in [6.07, 6.45) is 1.62. The first-order valence-electron chi connectivity index (χ1n) is 6.78. The van der Waals surface area contributed by atoms with Crippen LogP contribution in [0.4, 0.5) is 0 Å². The molecule has 0 aliphatic carbocycles. The smallest absolute Gasteiger partial charge is 0.267 e. The Morgan fingerprint density at radius 2 is 2.05 bits per heavy atom. The van der Waals surface area contributed by atoms with Gasteiger partial charge in [0.1, 0.15) is 11.4 Å². The number of carbonyl (C=O) groups is 1. The van der Waals surface area contributed by atoms with Crippen LogP contribution in [0, 0.1) is 0 Å². The number of ether oxygens (including phenoxy) is 1. The van der Waals surface area contributed by atoms with Gasteiger partial charge in [0, 0.05) is 30.1 Å². The zero-order valence-corrected chi connectivity index (χ0v) is 13.3. The molecule has 1 aromatic heterocycles. The molecule has 2 aromatic rings. The van der Waals surface area contributed by atoms with E-state index in [0.29, 0.717) is 31.0 Å². The van der Waals surface area contributed by atoms with Crippen molar-refractivity contribution in [3.63, 3.8) is 0 Å². The second-order valence-corrected chi connectivity index (χ2v) is 6.75. The van der Waals surface area contributed by atoms with Gasteiger partial charge in [0.05, 0.1) is 13.4 Å². The van der Waals surface area contributed by atoms with E-state index in [0.717, 1.165) is 17.2 Å². The number of hydrogen-bond acceptors (Lipinski definition) is 4. The van der Waals surface area contributed by atoms with E-state index in [2.05, 4.69) is 15.0 Å². The maximum Gasteiger partial charge on any atom is 0.267 e. The summed E-state index contributed by atoms with van der Waals surface area (Å²) in [4.78, 5) is 15.0. The SMILES string of the molecule is COc1ccc2cc(C(=O)NCCCNS(C)(=O)=O)[nH]c2c1. The first-order valence-corrected chi connectivity index (χ1v) is 8.68. The fourth-order valence-electron chi connectivity index (χ4n) is 2.00. The lowest BCUT2D eigenvalue weighted by molar-refractivity contribution is 0.0949. The topological polar surface area (TPSA) is 100 Å². The molecule has 120 valence electrons. The molecule has 0 atom stereocenters. The molecular weight excluding hydrogens is 306 g/mol. The minimum absolute atomic E-state index is 0.227. The number of carbonyl (C=O) groups excluding carboxylic acids is 1. The Balaban J connectivity index is 1.90. The van der Waals surface area contributed by atoms with Crippen LogP contribution in [-0.2, 0) is 10.0 Å². The Bertz CT molecular complexity index is 767. The quantitative estimate of drug-likeness (QED) is 0.657. The standard InChI is InChI=1S/C14H19N3O4S/c1-21-11-5-4-10-8-13(17-12(10)9-11)14(18)15-6-3-7-16-22(2,19)20/h4-5,8-9,16-17H,3,6-7H2,1-2H3,(H,15,18). The summed E-state index contributed by atoms with van der Waals surface area (Å²) in [6, 6.07) is 7.28. The lowest BCUT2D eigenvalue weighted by Gasteiger charge is -2.04. The van der Waals surface area contributed by atoms with Crippen LogP contribution in [0.3, 0.4) is 0 Å². The number of amides is 1. The van der Waals surface area contributed by atoms with E-state index in [1.807, 2.05) is 18.2 Å². The number of hydrogen-bond donors (Lipinski definition) is 3. The highest BCUT2D eigenvalue weighted by Gasteiger charge is 2.09. The molecule has 0 aliphatic rings. The van der Waals surface area contributed by atoms with Crippen molar-refractivity contribution >= 4 is 26.8 Å². The van der Waals surface area contributed by atoms with Crippen LogP contribution in [0.2, 0.25) is 0 Å². The zero-order valence-electron chi connectivity index (χ0n) is 12.5. The number of benzene rings is 1. The molecule has 1 amide bonds. The molecule has 1 aromatic carbocycles. The van der Waals surface area contributed by atoms with Crippen molar-refractivity contribution in [3.05, 3.63) is 30.0 Å². The Morgan fingerprint density at radius 1 is 1.27 bits per heavy atom. The van der Waals surface area contributed by atoms with E-state index in [9.17, 15) is 13.2 Å². The lowest BCUT2D eigenvalue weighted by Crippen LogP contribution is -2.29. The van der Waals surface area contributed by atoms with Gasteiger partial charge in [0.2, 0.25) is 10.0 Å². The fourth-order valence-corrected chi connectivity index (χ4v) is 2.51. The second kappa shape index (κ2) is 6.80. The number of nitrogens with one attached hydrogen (secondary N) is 3. The fraction of sp³-hybridized carbons (Fsp3) is 0.357. The van der Waals surface area contributed by atoms with Crippen LogP contribution in [0.25, 0.3) is 10.9 Å². The van der Waals surface area contributed by atoms with Crippen LogP contribution in [0.15, 0.2) is 24.3 Å². The lowest BCUT2D eigenvalue weighted by atomic mass is 10.2. The summed E-state index contributed by atoms with van der Waals surface area (Å²) in [6.45, 7) is 0.684. The third kappa shape index (κ3) is 4.47. The van der Waals surface area contributed by atoms with E-state index < -0.39 is 10.0 Å². The van der Waals surface area contributed by atoms with Crippen molar-refractivity contribution < 1.29 is 17.9 Å². The molecule has 2 rings (SSSR count). The van der Waals surface area contributed by atoms with Crippen LogP contribution in [0.5, 0.6) is 5.75 Å². The van der Waals surface area contributed by atoms with Gasteiger partial charge >= 0.3 is 0 Å². The summed E-state index contributed by atoms with van der Waals surface area (Å²) in [5.41, 5.74) is 1.28.